The molecular formula is C16H12F3N5O. The number of anilines is 2. The topological polar surface area (TPSA) is 72.8 Å². The SMILES string of the molecule is COc1cnc(-c2ccccn2)nc1Nc1ccc(C(F)(F)F)cn1. The molecule has 0 unspecified atom stereocenters. The minimum absolute atomic E-state index is 0.192. The van der Waals surface area contributed by atoms with Gasteiger partial charge in [-0.2, -0.15) is 13.2 Å². The van der Waals surface area contributed by atoms with E-state index in [9.17, 15) is 13.2 Å². The number of pyridine rings is 2. The smallest absolute Gasteiger partial charge is 0.417 e. The zero-order valence-electron chi connectivity index (χ0n) is 12.9. The predicted octanol–water partition coefficient (Wildman–Crippen LogP) is 3.70. The van der Waals surface area contributed by atoms with Crippen LogP contribution in [0.15, 0.2) is 48.9 Å². The van der Waals surface area contributed by atoms with Crippen molar-refractivity contribution in [1.29, 1.82) is 0 Å². The third kappa shape index (κ3) is 3.82. The summed E-state index contributed by atoms with van der Waals surface area (Å²) in [6.07, 6.45) is -0.642. The molecule has 0 spiro atoms. The zero-order valence-corrected chi connectivity index (χ0v) is 12.9. The Balaban J connectivity index is 1.91. The van der Waals surface area contributed by atoms with Crippen LogP contribution in [-0.4, -0.2) is 27.0 Å². The molecule has 9 heteroatoms. The van der Waals surface area contributed by atoms with Crippen LogP contribution >= 0.6 is 0 Å². The van der Waals surface area contributed by atoms with Gasteiger partial charge >= 0.3 is 6.18 Å². The summed E-state index contributed by atoms with van der Waals surface area (Å²) in [6, 6.07) is 7.44. The molecular weight excluding hydrogens is 335 g/mol. The summed E-state index contributed by atoms with van der Waals surface area (Å²) in [5.74, 6) is 1.12. The summed E-state index contributed by atoms with van der Waals surface area (Å²) in [6.45, 7) is 0. The first-order valence-corrected chi connectivity index (χ1v) is 7.10. The second-order valence-electron chi connectivity index (χ2n) is 4.88. The van der Waals surface area contributed by atoms with Crippen LogP contribution in [-0.2, 0) is 6.18 Å². The van der Waals surface area contributed by atoms with Crippen molar-refractivity contribution < 1.29 is 17.9 Å². The van der Waals surface area contributed by atoms with Crippen LogP contribution in [0.2, 0.25) is 0 Å². The van der Waals surface area contributed by atoms with E-state index in [-0.39, 0.29) is 11.6 Å². The number of hydrogen-bond donors (Lipinski definition) is 1. The van der Waals surface area contributed by atoms with Crippen molar-refractivity contribution in [2.24, 2.45) is 0 Å². The van der Waals surface area contributed by atoms with Gasteiger partial charge in [0.2, 0.25) is 0 Å². The van der Waals surface area contributed by atoms with E-state index >= 15 is 0 Å². The van der Waals surface area contributed by atoms with Crippen molar-refractivity contribution in [3.8, 4) is 17.3 Å². The molecule has 128 valence electrons. The summed E-state index contributed by atoms with van der Waals surface area (Å²) < 4.78 is 43.0. The highest BCUT2D eigenvalue weighted by Crippen LogP contribution is 2.30. The molecule has 0 fully saturated rings. The maximum atomic E-state index is 12.6. The first-order valence-electron chi connectivity index (χ1n) is 7.10. The average Bonchev–Trinajstić information content (AvgIpc) is 2.62. The van der Waals surface area contributed by atoms with E-state index < -0.39 is 11.7 Å². The lowest BCUT2D eigenvalue weighted by Gasteiger charge is -2.11. The van der Waals surface area contributed by atoms with Gasteiger partial charge in [-0.1, -0.05) is 6.07 Å². The predicted molar refractivity (Wildman–Crippen MR) is 84.3 cm³/mol. The number of methoxy groups -OCH3 is 1. The quantitative estimate of drug-likeness (QED) is 0.776. The minimum atomic E-state index is -4.44. The molecule has 6 nitrogen and oxygen atoms in total. The third-order valence-corrected chi connectivity index (χ3v) is 3.21. The molecule has 0 aromatic carbocycles. The monoisotopic (exact) mass is 347 g/mol. The van der Waals surface area contributed by atoms with E-state index in [2.05, 4.69) is 25.3 Å². The van der Waals surface area contributed by atoms with Gasteiger partial charge in [-0.25, -0.2) is 15.0 Å². The van der Waals surface area contributed by atoms with Gasteiger partial charge in [0.25, 0.3) is 0 Å². The van der Waals surface area contributed by atoms with Crippen molar-refractivity contribution in [2.75, 3.05) is 12.4 Å². The van der Waals surface area contributed by atoms with Crippen molar-refractivity contribution in [2.45, 2.75) is 6.18 Å². The number of halogens is 3. The van der Waals surface area contributed by atoms with E-state index in [0.29, 0.717) is 17.3 Å². The van der Waals surface area contributed by atoms with Gasteiger partial charge in [0.05, 0.1) is 18.9 Å². The van der Waals surface area contributed by atoms with Gasteiger partial charge < -0.3 is 10.1 Å². The number of nitrogens with one attached hydrogen (secondary N) is 1. The van der Waals surface area contributed by atoms with E-state index in [1.807, 2.05) is 0 Å². The fourth-order valence-corrected chi connectivity index (χ4v) is 1.98. The molecule has 0 amide bonds. The van der Waals surface area contributed by atoms with Gasteiger partial charge in [-0.15, -0.1) is 0 Å². The van der Waals surface area contributed by atoms with Gasteiger partial charge in [-0.05, 0) is 24.3 Å². The van der Waals surface area contributed by atoms with E-state index in [0.717, 1.165) is 12.3 Å². The van der Waals surface area contributed by atoms with Crippen LogP contribution in [0, 0.1) is 0 Å². The Labute approximate surface area is 140 Å². The van der Waals surface area contributed by atoms with Crippen LogP contribution in [0.5, 0.6) is 5.75 Å². The molecule has 3 aromatic rings. The number of hydrogen-bond acceptors (Lipinski definition) is 6. The van der Waals surface area contributed by atoms with Gasteiger partial charge in [0, 0.05) is 12.4 Å². The Morgan fingerprint density at radius 3 is 2.44 bits per heavy atom. The Morgan fingerprint density at radius 2 is 1.84 bits per heavy atom. The number of alkyl halides is 3. The van der Waals surface area contributed by atoms with Crippen molar-refractivity contribution >= 4 is 11.6 Å². The molecule has 1 N–H and O–H groups in total. The molecule has 3 aromatic heterocycles. The van der Waals surface area contributed by atoms with Crippen LogP contribution in [0.25, 0.3) is 11.5 Å². The summed E-state index contributed by atoms with van der Waals surface area (Å²) in [5, 5.41) is 2.83. The summed E-state index contributed by atoms with van der Waals surface area (Å²) in [5.41, 5.74) is -0.282. The van der Waals surface area contributed by atoms with Gasteiger partial charge in [-0.3, -0.25) is 4.98 Å². The fourth-order valence-electron chi connectivity index (χ4n) is 1.98. The number of aromatic nitrogens is 4. The normalized spacial score (nSPS) is 11.2. The van der Waals surface area contributed by atoms with Gasteiger partial charge in [0.15, 0.2) is 17.4 Å². The maximum absolute atomic E-state index is 12.6. The Kier molecular flexibility index (Phi) is 4.46. The molecule has 0 aliphatic heterocycles. The van der Waals surface area contributed by atoms with Crippen LogP contribution in [0.4, 0.5) is 24.8 Å². The lowest BCUT2D eigenvalue weighted by molar-refractivity contribution is -0.137. The molecule has 0 saturated heterocycles. The lowest BCUT2D eigenvalue weighted by atomic mass is 10.3. The summed E-state index contributed by atoms with van der Waals surface area (Å²) >= 11 is 0. The Morgan fingerprint density at radius 1 is 1.00 bits per heavy atom. The van der Waals surface area contributed by atoms with Crippen molar-refractivity contribution in [3.05, 3.63) is 54.5 Å². The highest BCUT2D eigenvalue weighted by atomic mass is 19.4. The molecule has 0 atom stereocenters. The molecule has 25 heavy (non-hydrogen) atoms. The second kappa shape index (κ2) is 6.71. The number of nitrogens with zero attached hydrogens (tertiary/aromatic N) is 4. The molecule has 3 rings (SSSR count). The third-order valence-electron chi connectivity index (χ3n) is 3.21. The summed E-state index contributed by atoms with van der Waals surface area (Å²) in [4.78, 5) is 16.4. The number of ether oxygens (including phenoxy) is 1. The number of rotatable bonds is 4. The van der Waals surface area contributed by atoms with E-state index in [1.54, 1.807) is 24.4 Å². The van der Waals surface area contributed by atoms with E-state index in [4.69, 9.17) is 4.74 Å². The minimum Gasteiger partial charge on any atom is -0.491 e. The highest BCUT2D eigenvalue weighted by molar-refractivity contribution is 5.62. The molecule has 0 saturated carbocycles. The van der Waals surface area contributed by atoms with Crippen LogP contribution in [0.1, 0.15) is 5.56 Å². The molecule has 3 heterocycles. The summed E-state index contributed by atoms with van der Waals surface area (Å²) in [7, 11) is 1.44. The molecule has 0 radical (unpaired) electrons. The van der Waals surface area contributed by atoms with Crippen molar-refractivity contribution in [3.63, 3.8) is 0 Å². The average molecular weight is 347 g/mol. The zero-order chi connectivity index (χ0) is 17.9. The fraction of sp³-hybridized carbons (Fsp3) is 0.125. The first-order chi connectivity index (χ1) is 12.0. The largest absolute Gasteiger partial charge is 0.491 e. The first kappa shape index (κ1) is 16.6. The van der Waals surface area contributed by atoms with E-state index in [1.165, 1.54) is 19.4 Å². The Hall–Kier alpha value is -3.23. The highest BCUT2D eigenvalue weighted by Gasteiger charge is 2.30. The van der Waals surface area contributed by atoms with Crippen LogP contribution in [0.3, 0.4) is 0 Å². The maximum Gasteiger partial charge on any atom is 0.417 e. The Bertz CT molecular complexity index is 854. The molecule has 0 bridgehead atoms. The van der Waals surface area contributed by atoms with Crippen molar-refractivity contribution in [1.82, 2.24) is 19.9 Å². The van der Waals surface area contributed by atoms with Crippen LogP contribution < -0.4 is 10.1 Å². The lowest BCUT2D eigenvalue weighted by Crippen LogP contribution is -2.06. The molecule has 0 aliphatic carbocycles. The second-order valence-corrected chi connectivity index (χ2v) is 4.88. The molecule has 0 aliphatic rings. The van der Waals surface area contributed by atoms with Gasteiger partial charge in [0.1, 0.15) is 11.5 Å². The standard InChI is InChI=1S/C16H12F3N5O/c1-25-12-9-22-14(11-4-2-3-7-20-11)24-15(12)23-13-6-5-10(8-21-13)16(17,18)19/h2-9H,1H3,(H,21,22,23,24).